The van der Waals surface area contributed by atoms with Crippen molar-refractivity contribution in [3.8, 4) is 0 Å². The average molecular weight is 311 g/mol. The Hall–Kier alpha value is -0.870. The van der Waals surface area contributed by atoms with Crippen molar-refractivity contribution in [3.63, 3.8) is 0 Å². The molecule has 3 nitrogen and oxygen atoms in total. The van der Waals surface area contributed by atoms with Gasteiger partial charge in [0.1, 0.15) is 0 Å². The third kappa shape index (κ3) is 3.82. The molecule has 1 saturated carbocycles. The number of carbonyl (C=O) groups excluding carboxylic acids is 1. The largest absolute Gasteiger partial charge is 0.325 e. The molecule has 1 aliphatic rings. The molecule has 1 fully saturated rings. The fourth-order valence-corrected chi connectivity index (χ4v) is 2.31. The van der Waals surface area contributed by atoms with E-state index in [1.807, 2.05) is 31.3 Å². The highest BCUT2D eigenvalue weighted by Crippen LogP contribution is 2.34. The van der Waals surface area contributed by atoms with Gasteiger partial charge in [-0.1, -0.05) is 15.9 Å². The zero-order valence-corrected chi connectivity index (χ0v) is 12.4. The zero-order chi connectivity index (χ0) is 13.1. The van der Waals surface area contributed by atoms with Crippen molar-refractivity contribution >= 4 is 27.5 Å². The lowest BCUT2D eigenvalue weighted by atomic mass is 10.2. The van der Waals surface area contributed by atoms with Crippen molar-refractivity contribution < 1.29 is 4.79 Å². The molecule has 18 heavy (non-hydrogen) atoms. The van der Waals surface area contributed by atoms with Crippen molar-refractivity contribution in [2.24, 2.45) is 5.92 Å². The van der Waals surface area contributed by atoms with Crippen LogP contribution in [0, 0.1) is 5.92 Å². The number of nitrogens with zero attached hydrogens (tertiary/aromatic N) is 1. The van der Waals surface area contributed by atoms with Crippen LogP contribution < -0.4 is 5.32 Å². The molecule has 1 aromatic rings. The van der Waals surface area contributed by atoms with E-state index in [0.717, 1.165) is 16.1 Å². The first kappa shape index (κ1) is 13.6. The minimum Gasteiger partial charge on any atom is -0.325 e. The van der Waals surface area contributed by atoms with E-state index in [2.05, 4.69) is 33.1 Å². The molecule has 0 saturated heterocycles. The minimum absolute atomic E-state index is 0.0484. The summed E-state index contributed by atoms with van der Waals surface area (Å²) in [6.45, 7) is 2.65. The van der Waals surface area contributed by atoms with Crippen LogP contribution in [0.5, 0.6) is 0 Å². The maximum atomic E-state index is 11.9. The van der Waals surface area contributed by atoms with Crippen LogP contribution in [0.25, 0.3) is 0 Å². The Morgan fingerprint density at radius 2 is 2.06 bits per heavy atom. The predicted molar refractivity (Wildman–Crippen MR) is 77.6 cm³/mol. The molecule has 1 aromatic carbocycles. The van der Waals surface area contributed by atoms with Gasteiger partial charge in [-0.25, -0.2) is 0 Å². The molecule has 0 radical (unpaired) electrons. The maximum Gasteiger partial charge on any atom is 0.238 e. The van der Waals surface area contributed by atoms with Crippen molar-refractivity contribution in [3.05, 3.63) is 28.7 Å². The lowest BCUT2D eigenvalue weighted by Gasteiger charge is -2.23. The highest BCUT2D eigenvalue weighted by Gasteiger charge is 2.30. The number of benzene rings is 1. The molecule has 0 spiro atoms. The summed E-state index contributed by atoms with van der Waals surface area (Å²) < 4.78 is 1.01. The second-order valence-corrected chi connectivity index (χ2v) is 5.96. The normalized spacial score (nSPS) is 16.7. The van der Waals surface area contributed by atoms with E-state index in [9.17, 15) is 4.79 Å². The summed E-state index contributed by atoms with van der Waals surface area (Å²) in [5.74, 6) is 0.836. The molecule has 1 N–H and O–H groups in total. The maximum absolute atomic E-state index is 11.9. The number of halogens is 1. The van der Waals surface area contributed by atoms with Gasteiger partial charge in [0.05, 0.1) is 6.54 Å². The molecule has 0 aromatic heterocycles. The molecule has 0 heterocycles. The molecule has 1 amide bonds. The molecule has 1 atom stereocenters. The summed E-state index contributed by atoms with van der Waals surface area (Å²) in [6.07, 6.45) is 2.61. The van der Waals surface area contributed by atoms with Crippen LogP contribution in [0.4, 0.5) is 5.69 Å². The van der Waals surface area contributed by atoms with Gasteiger partial charge in [0.15, 0.2) is 0 Å². The number of hydrogen-bond donors (Lipinski definition) is 1. The van der Waals surface area contributed by atoms with E-state index in [0.29, 0.717) is 12.6 Å². The summed E-state index contributed by atoms with van der Waals surface area (Å²) in [5.41, 5.74) is 0.843. The van der Waals surface area contributed by atoms with Gasteiger partial charge in [-0.05, 0) is 57.0 Å². The summed E-state index contributed by atoms with van der Waals surface area (Å²) in [5, 5.41) is 2.91. The van der Waals surface area contributed by atoms with Crippen LogP contribution in [-0.4, -0.2) is 30.4 Å². The van der Waals surface area contributed by atoms with Crippen LogP contribution in [0.15, 0.2) is 28.7 Å². The molecule has 0 aliphatic heterocycles. The zero-order valence-electron chi connectivity index (χ0n) is 10.8. The van der Waals surface area contributed by atoms with E-state index >= 15 is 0 Å². The van der Waals surface area contributed by atoms with E-state index in [-0.39, 0.29) is 5.91 Å². The molecule has 4 heteroatoms. The Bertz CT molecular complexity index is 414. The number of anilines is 1. The molecular weight excluding hydrogens is 292 g/mol. The molecule has 98 valence electrons. The number of rotatable bonds is 5. The standard InChI is InChI=1S/C14H19BrN2O/c1-10(11-3-4-11)17(2)9-14(18)16-13-7-5-12(15)6-8-13/h5-8,10-11H,3-4,9H2,1-2H3,(H,16,18). The molecule has 1 unspecified atom stereocenters. The van der Waals surface area contributed by atoms with Gasteiger partial charge < -0.3 is 5.32 Å². The van der Waals surface area contributed by atoms with Gasteiger partial charge >= 0.3 is 0 Å². The highest BCUT2D eigenvalue weighted by atomic mass is 79.9. The SMILES string of the molecule is CC(C1CC1)N(C)CC(=O)Nc1ccc(Br)cc1. The Kier molecular flexibility index (Phi) is 4.40. The first-order valence-electron chi connectivity index (χ1n) is 6.32. The second kappa shape index (κ2) is 5.85. The van der Waals surface area contributed by atoms with E-state index in [1.165, 1.54) is 12.8 Å². The van der Waals surface area contributed by atoms with Gasteiger partial charge in [0, 0.05) is 16.2 Å². The van der Waals surface area contributed by atoms with E-state index in [1.54, 1.807) is 0 Å². The minimum atomic E-state index is 0.0484. The summed E-state index contributed by atoms with van der Waals surface area (Å²) >= 11 is 3.37. The lowest BCUT2D eigenvalue weighted by Crippen LogP contribution is -2.37. The van der Waals surface area contributed by atoms with Gasteiger partial charge in [0.2, 0.25) is 5.91 Å². The molecule has 1 aliphatic carbocycles. The van der Waals surface area contributed by atoms with Crippen LogP contribution >= 0.6 is 15.9 Å². The summed E-state index contributed by atoms with van der Waals surface area (Å²) in [7, 11) is 2.02. The average Bonchev–Trinajstić information content (AvgIpc) is 3.15. The van der Waals surface area contributed by atoms with Crippen molar-refractivity contribution in [2.45, 2.75) is 25.8 Å². The lowest BCUT2D eigenvalue weighted by molar-refractivity contribution is -0.117. The summed E-state index contributed by atoms with van der Waals surface area (Å²) in [4.78, 5) is 14.0. The Morgan fingerprint density at radius 1 is 1.44 bits per heavy atom. The van der Waals surface area contributed by atoms with Gasteiger partial charge in [-0.3, -0.25) is 9.69 Å². The van der Waals surface area contributed by atoms with Crippen molar-refractivity contribution in [1.82, 2.24) is 4.90 Å². The fraction of sp³-hybridized carbons (Fsp3) is 0.500. The second-order valence-electron chi connectivity index (χ2n) is 5.05. The van der Waals surface area contributed by atoms with Gasteiger partial charge in [-0.2, -0.15) is 0 Å². The smallest absolute Gasteiger partial charge is 0.238 e. The number of nitrogens with one attached hydrogen (secondary N) is 1. The highest BCUT2D eigenvalue weighted by molar-refractivity contribution is 9.10. The molecule has 2 rings (SSSR count). The molecule has 0 bridgehead atoms. The fourth-order valence-electron chi connectivity index (χ4n) is 2.04. The van der Waals surface area contributed by atoms with Crippen molar-refractivity contribution in [1.29, 1.82) is 0 Å². The quantitative estimate of drug-likeness (QED) is 0.906. The van der Waals surface area contributed by atoms with Gasteiger partial charge in [-0.15, -0.1) is 0 Å². The Morgan fingerprint density at radius 3 is 2.61 bits per heavy atom. The van der Waals surface area contributed by atoms with E-state index in [4.69, 9.17) is 0 Å². The van der Waals surface area contributed by atoms with E-state index < -0.39 is 0 Å². The van der Waals surface area contributed by atoms with Crippen LogP contribution in [0.1, 0.15) is 19.8 Å². The Balaban J connectivity index is 1.82. The number of carbonyl (C=O) groups is 1. The van der Waals surface area contributed by atoms with Crippen LogP contribution in [-0.2, 0) is 4.79 Å². The van der Waals surface area contributed by atoms with Crippen LogP contribution in [0.2, 0.25) is 0 Å². The number of amides is 1. The third-order valence-electron chi connectivity index (χ3n) is 3.52. The number of hydrogen-bond acceptors (Lipinski definition) is 2. The van der Waals surface area contributed by atoms with Crippen molar-refractivity contribution in [2.75, 3.05) is 18.9 Å². The Labute approximate surface area is 117 Å². The van der Waals surface area contributed by atoms with Gasteiger partial charge in [0.25, 0.3) is 0 Å². The first-order valence-corrected chi connectivity index (χ1v) is 7.11. The predicted octanol–water partition coefficient (Wildman–Crippen LogP) is 3.12. The monoisotopic (exact) mass is 310 g/mol. The molecular formula is C14H19BrN2O. The number of likely N-dealkylation sites (N-methyl/N-ethyl adjacent to an activating group) is 1. The topological polar surface area (TPSA) is 32.3 Å². The van der Waals surface area contributed by atoms with Crippen LogP contribution in [0.3, 0.4) is 0 Å². The summed E-state index contributed by atoms with van der Waals surface area (Å²) in [6, 6.07) is 8.14. The third-order valence-corrected chi connectivity index (χ3v) is 4.05. The first-order chi connectivity index (χ1) is 8.56.